The van der Waals surface area contributed by atoms with Crippen molar-refractivity contribution < 1.29 is 9.72 Å². The number of hydrogen-bond acceptors (Lipinski definition) is 5. The number of para-hydroxylation sites is 2. The number of nitro groups is 1. The number of anilines is 1. The summed E-state index contributed by atoms with van der Waals surface area (Å²) in [5.74, 6) is -0.187. The minimum absolute atomic E-state index is 0.0944. The Labute approximate surface area is 136 Å². The minimum atomic E-state index is -0.492. The van der Waals surface area contributed by atoms with Gasteiger partial charge in [0.05, 0.1) is 4.92 Å². The third-order valence-corrected chi connectivity index (χ3v) is 4.01. The first kappa shape index (κ1) is 14.1. The van der Waals surface area contributed by atoms with E-state index in [9.17, 15) is 14.9 Å². The molecule has 6 nitrogen and oxygen atoms in total. The van der Waals surface area contributed by atoms with Crippen LogP contribution in [0.3, 0.4) is 0 Å². The molecule has 0 bridgehead atoms. The Bertz CT molecular complexity index is 1040. The van der Waals surface area contributed by atoms with Crippen LogP contribution < -0.4 is 5.43 Å². The summed E-state index contributed by atoms with van der Waals surface area (Å²) in [6.45, 7) is 0. The second-order valence-electron chi connectivity index (χ2n) is 5.38. The molecule has 1 N–H and O–H groups in total. The predicted molar refractivity (Wildman–Crippen MR) is 91.5 cm³/mol. The molecule has 0 saturated heterocycles. The molecule has 0 unspecified atom stereocenters. The molecule has 3 aromatic carbocycles. The van der Waals surface area contributed by atoms with Crippen molar-refractivity contribution in [2.45, 2.75) is 0 Å². The summed E-state index contributed by atoms with van der Waals surface area (Å²) < 4.78 is 0. The number of rotatable bonds is 3. The number of ketones is 1. The van der Waals surface area contributed by atoms with Crippen LogP contribution in [0.15, 0.2) is 65.8 Å². The van der Waals surface area contributed by atoms with E-state index in [2.05, 4.69) is 10.5 Å². The lowest BCUT2D eigenvalue weighted by molar-refractivity contribution is -0.384. The van der Waals surface area contributed by atoms with Crippen LogP contribution in [0, 0.1) is 10.1 Å². The third kappa shape index (κ3) is 2.04. The molecule has 1 aliphatic rings. The topological polar surface area (TPSA) is 84.6 Å². The summed E-state index contributed by atoms with van der Waals surface area (Å²) in [6.07, 6.45) is 0. The molecule has 1 aliphatic carbocycles. The van der Waals surface area contributed by atoms with Crippen LogP contribution in [0.5, 0.6) is 0 Å². The fourth-order valence-corrected chi connectivity index (χ4v) is 2.93. The van der Waals surface area contributed by atoms with E-state index < -0.39 is 4.92 Å². The first-order chi connectivity index (χ1) is 11.7. The molecule has 0 amide bonds. The van der Waals surface area contributed by atoms with E-state index in [0.717, 1.165) is 16.3 Å². The van der Waals surface area contributed by atoms with Gasteiger partial charge in [-0.1, -0.05) is 48.5 Å². The maximum absolute atomic E-state index is 12.6. The average molecular weight is 317 g/mol. The molecule has 0 aromatic heterocycles. The molecule has 0 fully saturated rings. The van der Waals surface area contributed by atoms with Crippen molar-refractivity contribution in [2.75, 3.05) is 5.43 Å². The fourth-order valence-electron chi connectivity index (χ4n) is 2.93. The molecule has 24 heavy (non-hydrogen) atoms. The van der Waals surface area contributed by atoms with E-state index >= 15 is 0 Å². The van der Waals surface area contributed by atoms with Crippen LogP contribution in [0.2, 0.25) is 0 Å². The van der Waals surface area contributed by atoms with E-state index in [0.29, 0.717) is 5.56 Å². The van der Waals surface area contributed by atoms with Gasteiger partial charge in [0, 0.05) is 22.6 Å². The Hall–Kier alpha value is -3.54. The summed E-state index contributed by atoms with van der Waals surface area (Å²) in [4.78, 5) is 23.2. The van der Waals surface area contributed by atoms with Crippen molar-refractivity contribution in [1.29, 1.82) is 0 Å². The normalized spacial score (nSPS) is 14.3. The predicted octanol–water partition coefficient (Wildman–Crippen LogP) is 3.76. The van der Waals surface area contributed by atoms with Gasteiger partial charge in [0.2, 0.25) is 5.78 Å². The van der Waals surface area contributed by atoms with E-state index in [1.54, 1.807) is 24.3 Å². The SMILES string of the molecule is O=C1C(=NNc2ccccc2[N+](=O)[O-])c2cccc3cccc1c23. The standard InChI is InChI=1S/C18H11N3O3/c22-18-13-8-4-6-11-5-3-7-12(16(11)13)17(18)20-19-14-9-1-2-10-15(14)21(23)24/h1-10,19H. The molecule has 0 aliphatic heterocycles. The van der Waals surface area contributed by atoms with Crippen LogP contribution >= 0.6 is 0 Å². The number of carbonyl (C=O) groups is 1. The highest BCUT2D eigenvalue weighted by molar-refractivity contribution is 6.59. The van der Waals surface area contributed by atoms with Gasteiger partial charge in [-0.15, -0.1) is 0 Å². The molecule has 0 radical (unpaired) electrons. The Morgan fingerprint density at radius 2 is 1.62 bits per heavy atom. The second kappa shape index (κ2) is 5.27. The van der Waals surface area contributed by atoms with E-state index in [1.807, 2.05) is 30.3 Å². The number of Topliss-reactive ketones (excluding diaryl/α,β-unsaturated/α-hetero) is 1. The summed E-state index contributed by atoms with van der Waals surface area (Å²) in [6, 6.07) is 17.3. The fraction of sp³-hybridized carbons (Fsp3) is 0. The van der Waals surface area contributed by atoms with Gasteiger partial charge in [0.25, 0.3) is 5.69 Å². The lowest BCUT2D eigenvalue weighted by Gasteiger charge is -2.03. The molecular formula is C18H11N3O3. The number of carbonyl (C=O) groups excluding carboxylic acids is 1. The molecule has 0 spiro atoms. The van der Waals surface area contributed by atoms with Crippen LogP contribution in [0.25, 0.3) is 10.8 Å². The van der Waals surface area contributed by atoms with Gasteiger partial charge >= 0.3 is 0 Å². The Balaban J connectivity index is 1.80. The van der Waals surface area contributed by atoms with Gasteiger partial charge in [-0.25, -0.2) is 0 Å². The van der Waals surface area contributed by atoms with Gasteiger partial charge in [-0.2, -0.15) is 5.10 Å². The van der Waals surface area contributed by atoms with Crippen molar-refractivity contribution >= 4 is 33.6 Å². The maximum Gasteiger partial charge on any atom is 0.294 e. The highest BCUT2D eigenvalue weighted by Gasteiger charge is 2.28. The van der Waals surface area contributed by atoms with E-state index in [-0.39, 0.29) is 22.9 Å². The number of benzene rings is 3. The molecule has 116 valence electrons. The monoisotopic (exact) mass is 317 g/mol. The average Bonchev–Trinajstić information content (AvgIpc) is 2.88. The van der Waals surface area contributed by atoms with Gasteiger partial charge in [-0.3, -0.25) is 20.3 Å². The number of nitrogens with one attached hydrogen (secondary N) is 1. The van der Waals surface area contributed by atoms with Crippen LogP contribution in [0.4, 0.5) is 11.4 Å². The van der Waals surface area contributed by atoms with E-state index in [4.69, 9.17) is 0 Å². The maximum atomic E-state index is 12.6. The van der Waals surface area contributed by atoms with Crippen LogP contribution in [0.1, 0.15) is 15.9 Å². The zero-order valence-corrected chi connectivity index (χ0v) is 12.4. The molecule has 0 heterocycles. The van der Waals surface area contributed by atoms with Gasteiger partial charge in [0.1, 0.15) is 11.4 Å². The summed E-state index contributed by atoms with van der Waals surface area (Å²) in [7, 11) is 0. The molecule has 3 aromatic rings. The molecule has 6 heteroatoms. The Morgan fingerprint density at radius 3 is 2.38 bits per heavy atom. The number of nitrogens with zero attached hydrogens (tertiary/aromatic N) is 2. The van der Waals surface area contributed by atoms with Crippen molar-refractivity contribution in [3.05, 3.63) is 81.9 Å². The van der Waals surface area contributed by atoms with Gasteiger partial charge in [-0.05, 0) is 11.5 Å². The quantitative estimate of drug-likeness (QED) is 0.589. The number of hydrazone groups is 1. The molecule has 0 atom stereocenters. The molecular weight excluding hydrogens is 306 g/mol. The summed E-state index contributed by atoms with van der Waals surface area (Å²) in [5.41, 5.74) is 4.42. The zero-order valence-electron chi connectivity index (χ0n) is 12.4. The largest absolute Gasteiger partial charge is 0.294 e. The zero-order chi connectivity index (χ0) is 16.7. The first-order valence-electron chi connectivity index (χ1n) is 7.31. The van der Waals surface area contributed by atoms with Gasteiger partial charge < -0.3 is 0 Å². The number of nitro benzene ring substituents is 1. The highest BCUT2D eigenvalue weighted by Crippen LogP contribution is 2.31. The lowest BCUT2D eigenvalue weighted by Crippen LogP contribution is -2.11. The summed E-state index contributed by atoms with van der Waals surface area (Å²) >= 11 is 0. The smallest absolute Gasteiger partial charge is 0.287 e. The van der Waals surface area contributed by atoms with Gasteiger partial charge in [0.15, 0.2) is 0 Å². The van der Waals surface area contributed by atoms with Crippen molar-refractivity contribution in [1.82, 2.24) is 0 Å². The molecule has 0 saturated carbocycles. The second-order valence-corrected chi connectivity index (χ2v) is 5.38. The lowest BCUT2D eigenvalue weighted by atomic mass is 10.1. The Morgan fingerprint density at radius 1 is 0.917 bits per heavy atom. The van der Waals surface area contributed by atoms with Crippen LogP contribution in [-0.2, 0) is 0 Å². The van der Waals surface area contributed by atoms with Crippen molar-refractivity contribution in [3.63, 3.8) is 0 Å². The first-order valence-corrected chi connectivity index (χ1v) is 7.31. The van der Waals surface area contributed by atoms with Crippen molar-refractivity contribution in [2.24, 2.45) is 5.10 Å². The van der Waals surface area contributed by atoms with Crippen molar-refractivity contribution in [3.8, 4) is 0 Å². The van der Waals surface area contributed by atoms with Crippen LogP contribution in [-0.4, -0.2) is 16.4 Å². The molecule has 4 rings (SSSR count). The third-order valence-electron chi connectivity index (χ3n) is 4.01. The summed E-state index contributed by atoms with van der Waals surface area (Å²) in [5, 5.41) is 17.1. The highest BCUT2D eigenvalue weighted by atomic mass is 16.6. The minimum Gasteiger partial charge on any atom is -0.287 e. The van der Waals surface area contributed by atoms with E-state index in [1.165, 1.54) is 6.07 Å². The Kier molecular flexibility index (Phi) is 3.09. The number of hydrogen-bond donors (Lipinski definition) is 1.